The number of nitrogens with zero attached hydrogens (tertiary/aromatic N) is 2. The zero-order valence-corrected chi connectivity index (χ0v) is 15.5. The molecule has 0 bridgehead atoms. The van der Waals surface area contributed by atoms with Crippen molar-refractivity contribution in [1.29, 1.82) is 0 Å². The van der Waals surface area contributed by atoms with E-state index in [0.29, 0.717) is 30.7 Å². The molecular formula is C19H28N3O3+. The maximum absolute atomic E-state index is 12.9. The van der Waals surface area contributed by atoms with Crippen molar-refractivity contribution in [1.82, 2.24) is 9.55 Å². The van der Waals surface area contributed by atoms with Gasteiger partial charge in [0.25, 0.3) is 5.56 Å². The summed E-state index contributed by atoms with van der Waals surface area (Å²) in [4.78, 5) is 29.0. The average Bonchev–Trinajstić information content (AvgIpc) is 2.61. The molecule has 0 fully saturated rings. The van der Waals surface area contributed by atoms with Gasteiger partial charge in [-0.3, -0.25) is 14.2 Å². The van der Waals surface area contributed by atoms with Gasteiger partial charge in [0.15, 0.2) is 5.82 Å². The zero-order valence-electron chi connectivity index (χ0n) is 15.5. The van der Waals surface area contributed by atoms with E-state index in [2.05, 4.69) is 30.8 Å². The smallest absolute Gasteiger partial charge is 0.305 e. The van der Waals surface area contributed by atoms with Crippen molar-refractivity contribution in [2.45, 2.75) is 46.2 Å². The number of quaternary nitrogens is 1. The molecule has 2 aromatic rings. The summed E-state index contributed by atoms with van der Waals surface area (Å²) in [6.07, 6.45) is 0.843. The molecule has 2 N–H and O–H groups in total. The number of methoxy groups -OCH3 is 1. The Bertz CT molecular complexity index is 783. The minimum Gasteiger partial charge on any atom is -0.469 e. The molecule has 136 valence electrons. The Hall–Kier alpha value is -2.21. The second-order valence-electron chi connectivity index (χ2n) is 6.78. The number of rotatable bonds is 8. The van der Waals surface area contributed by atoms with Gasteiger partial charge in [-0.1, -0.05) is 26.0 Å². The van der Waals surface area contributed by atoms with Gasteiger partial charge in [-0.05, 0) is 25.5 Å². The monoisotopic (exact) mass is 346 g/mol. The van der Waals surface area contributed by atoms with Crippen molar-refractivity contribution in [3.05, 3.63) is 40.4 Å². The molecule has 0 unspecified atom stereocenters. The highest BCUT2D eigenvalue weighted by molar-refractivity contribution is 5.77. The number of fused-ring (bicyclic) bond motifs is 1. The number of hydrogen-bond donors (Lipinski definition) is 1. The predicted molar refractivity (Wildman–Crippen MR) is 97.3 cm³/mol. The number of benzene rings is 1. The van der Waals surface area contributed by atoms with Crippen molar-refractivity contribution < 1.29 is 14.8 Å². The molecule has 1 aromatic heterocycles. The van der Waals surface area contributed by atoms with E-state index in [4.69, 9.17) is 4.98 Å². The van der Waals surface area contributed by atoms with E-state index in [-0.39, 0.29) is 17.6 Å². The molecular weight excluding hydrogens is 318 g/mol. The van der Waals surface area contributed by atoms with Crippen LogP contribution in [0.25, 0.3) is 10.9 Å². The van der Waals surface area contributed by atoms with Gasteiger partial charge in [0.05, 0.1) is 24.6 Å². The van der Waals surface area contributed by atoms with Crippen LogP contribution in [0.3, 0.4) is 0 Å². The lowest BCUT2D eigenvalue weighted by Gasteiger charge is -2.18. The van der Waals surface area contributed by atoms with E-state index in [1.54, 1.807) is 10.6 Å². The van der Waals surface area contributed by atoms with Crippen LogP contribution >= 0.6 is 0 Å². The van der Waals surface area contributed by atoms with Crippen molar-refractivity contribution in [2.24, 2.45) is 5.92 Å². The molecule has 0 aliphatic rings. The number of hydrogen-bond acceptors (Lipinski definition) is 4. The third-order valence-electron chi connectivity index (χ3n) is 4.25. The van der Waals surface area contributed by atoms with E-state index in [0.717, 1.165) is 17.9 Å². The van der Waals surface area contributed by atoms with Gasteiger partial charge < -0.3 is 10.1 Å². The lowest BCUT2D eigenvalue weighted by Crippen LogP contribution is -2.86. The molecule has 25 heavy (non-hydrogen) atoms. The van der Waals surface area contributed by atoms with E-state index < -0.39 is 0 Å². The Morgan fingerprint density at radius 1 is 1.28 bits per heavy atom. The second-order valence-corrected chi connectivity index (χ2v) is 6.78. The minimum absolute atomic E-state index is 0.0461. The highest BCUT2D eigenvalue weighted by Crippen LogP contribution is 2.12. The zero-order chi connectivity index (χ0) is 18.4. The number of para-hydroxylation sites is 1. The van der Waals surface area contributed by atoms with Crippen LogP contribution in [-0.2, 0) is 16.1 Å². The van der Waals surface area contributed by atoms with Crippen LogP contribution < -0.4 is 10.9 Å². The molecule has 0 aliphatic carbocycles. The molecule has 0 aliphatic heterocycles. The normalized spacial score (nSPS) is 12.5. The van der Waals surface area contributed by atoms with Crippen LogP contribution in [0.15, 0.2) is 29.1 Å². The van der Waals surface area contributed by atoms with E-state index in [1.165, 1.54) is 7.11 Å². The van der Waals surface area contributed by atoms with Gasteiger partial charge >= 0.3 is 5.97 Å². The third kappa shape index (κ3) is 4.89. The van der Waals surface area contributed by atoms with Crippen molar-refractivity contribution in [3.63, 3.8) is 0 Å². The topological polar surface area (TPSA) is 77.8 Å². The minimum atomic E-state index is -0.261. The van der Waals surface area contributed by atoms with Gasteiger partial charge in [0.1, 0.15) is 6.04 Å². The van der Waals surface area contributed by atoms with Crippen LogP contribution in [0.2, 0.25) is 0 Å². The van der Waals surface area contributed by atoms with Crippen LogP contribution in [-0.4, -0.2) is 29.2 Å². The van der Waals surface area contributed by atoms with Gasteiger partial charge in [0, 0.05) is 18.9 Å². The molecule has 0 saturated carbocycles. The lowest BCUT2D eigenvalue weighted by atomic mass is 10.2. The fourth-order valence-corrected chi connectivity index (χ4v) is 2.81. The Morgan fingerprint density at radius 2 is 2.00 bits per heavy atom. The molecule has 6 heteroatoms. The van der Waals surface area contributed by atoms with E-state index in [1.807, 2.05) is 18.2 Å². The van der Waals surface area contributed by atoms with Gasteiger partial charge in [-0.25, -0.2) is 4.98 Å². The summed E-state index contributed by atoms with van der Waals surface area (Å²) in [7, 11) is 1.38. The molecule has 1 atom stereocenters. The Balaban J connectivity index is 2.36. The van der Waals surface area contributed by atoms with Crippen LogP contribution in [0.1, 0.15) is 45.5 Å². The Morgan fingerprint density at radius 3 is 2.68 bits per heavy atom. The highest BCUT2D eigenvalue weighted by atomic mass is 16.5. The summed E-state index contributed by atoms with van der Waals surface area (Å²) in [5.74, 6) is 1.05. The number of aromatic nitrogens is 2. The van der Waals surface area contributed by atoms with E-state index in [9.17, 15) is 9.59 Å². The summed E-state index contributed by atoms with van der Waals surface area (Å²) in [6.45, 7) is 7.82. The Kier molecular flexibility index (Phi) is 6.70. The summed E-state index contributed by atoms with van der Waals surface area (Å²) in [5.41, 5.74) is 0.673. The molecule has 0 amide bonds. The number of esters is 1. The number of ether oxygens (including phenoxy) is 1. The fourth-order valence-electron chi connectivity index (χ4n) is 2.81. The first-order valence-electron chi connectivity index (χ1n) is 8.83. The lowest BCUT2D eigenvalue weighted by molar-refractivity contribution is -0.698. The van der Waals surface area contributed by atoms with Crippen LogP contribution in [0, 0.1) is 5.92 Å². The number of nitrogens with two attached hydrogens (primary N) is 1. The summed E-state index contributed by atoms with van der Waals surface area (Å²) < 4.78 is 6.40. The molecule has 6 nitrogen and oxygen atoms in total. The van der Waals surface area contributed by atoms with Crippen LogP contribution in [0.5, 0.6) is 0 Å². The summed E-state index contributed by atoms with van der Waals surface area (Å²) in [5, 5.41) is 2.82. The van der Waals surface area contributed by atoms with E-state index >= 15 is 0 Å². The standard InChI is InChI=1S/C19H27N3O3/c1-13(2)12-20-14(3)18-21-16-9-6-5-8-15(16)19(24)22(18)11-7-10-17(23)25-4/h5-6,8-9,13-14,20H,7,10-12H2,1-4H3/p+1/t14-/m0/s1. The summed E-state index contributed by atoms with van der Waals surface area (Å²) in [6, 6.07) is 7.47. The number of carbonyl (C=O) groups excluding carboxylic acids is 1. The molecule has 1 aromatic carbocycles. The van der Waals surface area contributed by atoms with Crippen molar-refractivity contribution in [3.8, 4) is 0 Å². The first kappa shape index (κ1) is 19.1. The molecule has 0 spiro atoms. The maximum atomic E-state index is 12.9. The third-order valence-corrected chi connectivity index (χ3v) is 4.25. The molecule has 0 radical (unpaired) electrons. The first-order chi connectivity index (χ1) is 11.9. The highest BCUT2D eigenvalue weighted by Gasteiger charge is 2.19. The number of carbonyl (C=O) groups is 1. The molecule has 2 rings (SSSR count). The molecule has 1 heterocycles. The predicted octanol–water partition coefficient (Wildman–Crippen LogP) is 1.63. The SMILES string of the molecule is COC(=O)CCCn1c([C@H](C)[NH2+]CC(C)C)nc2ccccc2c1=O. The summed E-state index contributed by atoms with van der Waals surface area (Å²) >= 11 is 0. The average molecular weight is 346 g/mol. The quantitative estimate of drug-likeness (QED) is 0.737. The van der Waals surface area contributed by atoms with Gasteiger partial charge in [-0.15, -0.1) is 0 Å². The maximum Gasteiger partial charge on any atom is 0.305 e. The fraction of sp³-hybridized carbons (Fsp3) is 0.526. The second kappa shape index (κ2) is 8.76. The Labute approximate surface area is 148 Å². The molecule has 0 saturated heterocycles. The van der Waals surface area contributed by atoms with Crippen LogP contribution in [0.4, 0.5) is 0 Å². The largest absolute Gasteiger partial charge is 0.469 e. The first-order valence-corrected chi connectivity index (χ1v) is 8.83. The van der Waals surface area contributed by atoms with Gasteiger partial charge in [0.2, 0.25) is 0 Å². The van der Waals surface area contributed by atoms with Gasteiger partial charge in [-0.2, -0.15) is 0 Å². The van der Waals surface area contributed by atoms with Crippen molar-refractivity contribution >= 4 is 16.9 Å². The van der Waals surface area contributed by atoms with Crippen molar-refractivity contribution in [2.75, 3.05) is 13.7 Å².